The zero-order chi connectivity index (χ0) is 21.9. The number of rotatable bonds is 6. The molecule has 0 saturated heterocycles. The Morgan fingerprint density at radius 2 is 0.875 bits per heavy atom. The summed E-state index contributed by atoms with van der Waals surface area (Å²) in [5, 5.41) is 6.69. The van der Waals surface area contributed by atoms with E-state index < -0.39 is 0 Å². The lowest BCUT2D eigenvalue weighted by atomic mass is 9.82. The second kappa shape index (κ2) is 8.52. The molecule has 0 bridgehead atoms. The topological polar surface area (TPSA) is 58.2 Å². The van der Waals surface area contributed by atoms with E-state index in [2.05, 4.69) is 10.6 Å². The first kappa shape index (κ1) is 19.8. The van der Waals surface area contributed by atoms with Crippen molar-refractivity contribution >= 4 is 22.9 Å². The van der Waals surface area contributed by atoms with E-state index in [0.717, 1.165) is 11.1 Å². The zero-order valence-corrected chi connectivity index (χ0v) is 17.5. The Kier molecular flexibility index (Phi) is 5.26. The summed E-state index contributed by atoms with van der Waals surface area (Å²) in [6, 6.07) is 30.8. The Balaban J connectivity index is 1.47. The molecular formula is C28H22N2O2. The van der Waals surface area contributed by atoms with Crippen LogP contribution in [-0.2, 0) is 13.1 Å². The lowest BCUT2D eigenvalue weighted by molar-refractivity contribution is 0.0980. The smallest absolute Gasteiger partial charge is 0.196 e. The molecule has 0 unspecified atom stereocenters. The number of benzene rings is 4. The molecule has 0 fully saturated rings. The van der Waals surface area contributed by atoms with E-state index in [4.69, 9.17) is 0 Å². The van der Waals surface area contributed by atoms with Crippen LogP contribution in [0.3, 0.4) is 0 Å². The second-order valence-electron chi connectivity index (χ2n) is 7.79. The first-order chi connectivity index (χ1) is 15.7. The average Bonchev–Trinajstić information content (AvgIpc) is 2.85. The van der Waals surface area contributed by atoms with Crippen LogP contribution < -0.4 is 10.6 Å². The summed E-state index contributed by atoms with van der Waals surface area (Å²) in [5.74, 6) is -0.261. The van der Waals surface area contributed by atoms with Crippen molar-refractivity contribution < 1.29 is 9.59 Å². The second-order valence-corrected chi connectivity index (χ2v) is 7.79. The van der Waals surface area contributed by atoms with Gasteiger partial charge in [-0.2, -0.15) is 0 Å². The summed E-state index contributed by atoms with van der Waals surface area (Å²) in [7, 11) is 0. The standard InChI is InChI=1S/C28H22N2O2/c31-27-22-14-8-16-24(30-18-20-11-5-2-6-12-20)26(22)28(32)21-13-7-15-23(25(21)27)29-17-19-9-3-1-4-10-19/h1-16,29-30H,17-18H2. The zero-order valence-electron chi connectivity index (χ0n) is 17.5. The maximum Gasteiger partial charge on any atom is 0.196 e. The van der Waals surface area contributed by atoms with Crippen LogP contribution >= 0.6 is 0 Å². The molecule has 4 heteroatoms. The lowest BCUT2D eigenvalue weighted by Gasteiger charge is -2.23. The quantitative estimate of drug-likeness (QED) is 0.372. The van der Waals surface area contributed by atoms with Gasteiger partial charge in [0.25, 0.3) is 0 Å². The van der Waals surface area contributed by atoms with Crippen LogP contribution in [0, 0.1) is 0 Å². The number of carbonyl (C=O) groups is 2. The van der Waals surface area contributed by atoms with Crippen LogP contribution in [0.1, 0.15) is 43.0 Å². The van der Waals surface area contributed by atoms with Crippen molar-refractivity contribution in [1.82, 2.24) is 0 Å². The monoisotopic (exact) mass is 418 g/mol. The maximum absolute atomic E-state index is 13.5. The first-order valence-electron chi connectivity index (χ1n) is 10.6. The summed E-state index contributed by atoms with van der Waals surface area (Å²) in [5.41, 5.74) is 5.34. The minimum absolute atomic E-state index is 0.130. The highest BCUT2D eigenvalue weighted by Gasteiger charge is 2.33. The highest BCUT2D eigenvalue weighted by atomic mass is 16.1. The van der Waals surface area contributed by atoms with E-state index in [1.165, 1.54) is 0 Å². The molecule has 5 rings (SSSR count). The van der Waals surface area contributed by atoms with Gasteiger partial charge in [0.15, 0.2) is 11.6 Å². The minimum atomic E-state index is -0.130. The molecule has 2 N–H and O–H groups in total. The first-order valence-corrected chi connectivity index (χ1v) is 10.6. The highest BCUT2D eigenvalue weighted by molar-refractivity contribution is 6.31. The van der Waals surface area contributed by atoms with Gasteiger partial charge >= 0.3 is 0 Å². The van der Waals surface area contributed by atoms with Gasteiger partial charge in [-0.05, 0) is 23.3 Å². The molecule has 0 aromatic heterocycles. The predicted octanol–water partition coefficient (Wildman–Crippen LogP) is 5.69. The summed E-state index contributed by atoms with van der Waals surface area (Å²) in [4.78, 5) is 27.0. The number of nitrogens with one attached hydrogen (secondary N) is 2. The summed E-state index contributed by atoms with van der Waals surface area (Å²) in [6.07, 6.45) is 0. The van der Waals surface area contributed by atoms with Crippen molar-refractivity contribution in [3.63, 3.8) is 0 Å². The third-order valence-corrected chi connectivity index (χ3v) is 5.72. The third-order valence-electron chi connectivity index (χ3n) is 5.72. The van der Waals surface area contributed by atoms with Gasteiger partial charge in [-0.3, -0.25) is 9.59 Å². The highest BCUT2D eigenvalue weighted by Crippen LogP contribution is 2.35. The largest absolute Gasteiger partial charge is 0.380 e. The number of carbonyl (C=O) groups excluding carboxylic acids is 2. The Bertz CT molecular complexity index is 1190. The average molecular weight is 418 g/mol. The lowest BCUT2D eigenvalue weighted by Crippen LogP contribution is -2.24. The number of hydrogen-bond acceptors (Lipinski definition) is 4. The predicted molar refractivity (Wildman–Crippen MR) is 127 cm³/mol. The molecule has 1 aliphatic rings. The fraction of sp³-hybridized carbons (Fsp3) is 0.0714. The summed E-state index contributed by atoms with van der Waals surface area (Å²) < 4.78 is 0. The van der Waals surface area contributed by atoms with Crippen molar-refractivity contribution in [3.8, 4) is 0 Å². The van der Waals surface area contributed by atoms with Crippen molar-refractivity contribution in [2.24, 2.45) is 0 Å². The van der Waals surface area contributed by atoms with E-state index in [1.807, 2.05) is 84.9 Å². The van der Waals surface area contributed by atoms with Gasteiger partial charge in [0.05, 0.1) is 11.1 Å². The minimum Gasteiger partial charge on any atom is -0.380 e. The molecule has 4 aromatic rings. The number of hydrogen-bond donors (Lipinski definition) is 2. The van der Waals surface area contributed by atoms with E-state index in [9.17, 15) is 9.59 Å². The fourth-order valence-electron chi connectivity index (χ4n) is 4.12. The number of ketones is 2. The molecular weight excluding hydrogens is 396 g/mol. The fourth-order valence-corrected chi connectivity index (χ4v) is 4.12. The molecule has 4 aromatic carbocycles. The van der Waals surface area contributed by atoms with Crippen LogP contribution in [0.4, 0.5) is 11.4 Å². The van der Waals surface area contributed by atoms with Gasteiger partial charge < -0.3 is 10.6 Å². The van der Waals surface area contributed by atoms with E-state index in [-0.39, 0.29) is 11.6 Å². The number of anilines is 2. The van der Waals surface area contributed by atoms with Gasteiger partial charge in [-0.15, -0.1) is 0 Å². The Labute approximate surface area is 186 Å². The van der Waals surface area contributed by atoms with Crippen LogP contribution in [0.5, 0.6) is 0 Å². The molecule has 32 heavy (non-hydrogen) atoms. The summed E-state index contributed by atoms with van der Waals surface area (Å²) in [6.45, 7) is 1.15. The maximum atomic E-state index is 13.5. The molecule has 0 saturated carbocycles. The van der Waals surface area contributed by atoms with Gasteiger partial charge in [0, 0.05) is 35.6 Å². The molecule has 0 radical (unpaired) electrons. The van der Waals surface area contributed by atoms with Gasteiger partial charge in [-0.25, -0.2) is 0 Å². The van der Waals surface area contributed by atoms with Crippen LogP contribution in [-0.4, -0.2) is 11.6 Å². The molecule has 0 aliphatic heterocycles. The van der Waals surface area contributed by atoms with Gasteiger partial charge in [0.2, 0.25) is 0 Å². The number of fused-ring (bicyclic) bond motifs is 2. The third kappa shape index (κ3) is 3.67. The Hall–Kier alpha value is -4.18. The van der Waals surface area contributed by atoms with E-state index in [1.54, 1.807) is 12.1 Å². The Morgan fingerprint density at radius 3 is 1.28 bits per heavy atom. The van der Waals surface area contributed by atoms with Crippen molar-refractivity contribution in [3.05, 3.63) is 130 Å². The van der Waals surface area contributed by atoms with E-state index in [0.29, 0.717) is 46.7 Å². The van der Waals surface area contributed by atoms with Crippen LogP contribution in [0.25, 0.3) is 0 Å². The SMILES string of the molecule is O=C1c2cccc(NCc3ccccc3)c2C(=O)c2cccc(NCc3ccccc3)c21. The molecule has 4 nitrogen and oxygen atoms in total. The molecule has 0 atom stereocenters. The molecule has 0 amide bonds. The molecule has 1 aliphatic carbocycles. The molecule has 0 heterocycles. The van der Waals surface area contributed by atoms with Crippen LogP contribution in [0.2, 0.25) is 0 Å². The van der Waals surface area contributed by atoms with Gasteiger partial charge in [-0.1, -0.05) is 84.9 Å². The molecule has 156 valence electrons. The van der Waals surface area contributed by atoms with E-state index >= 15 is 0 Å². The Morgan fingerprint density at radius 1 is 0.469 bits per heavy atom. The van der Waals surface area contributed by atoms with Crippen molar-refractivity contribution in [2.75, 3.05) is 10.6 Å². The summed E-state index contributed by atoms with van der Waals surface area (Å²) >= 11 is 0. The molecule has 0 spiro atoms. The van der Waals surface area contributed by atoms with Crippen LogP contribution in [0.15, 0.2) is 97.1 Å². The van der Waals surface area contributed by atoms with Crippen molar-refractivity contribution in [2.45, 2.75) is 13.1 Å². The van der Waals surface area contributed by atoms with Crippen molar-refractivity contribution in [1.29, 1.82) is 0 Å². The normalized spacial score (nSPS) is 12.1. The van der Waals surface area contributed by atoms with Gasteiger partial charge in [0.1, 0.15) is 0 Å².